The second-order valence-electron chi connectivity index (χ2n) is 3.15. The molecule has 1 aliphatic carbocycles. The van der Waals surface area contributed by atoms with Gasteiger partial charge in [-0.1, -0.05) is 19.3 Å². The third-order valence-electron chi connectivity index (χ3n) is 2.26. The summed E-state index contributed by atoms with van der Waals surface area (Å²) >= 11 is 0. The van der Waals surface area contributed by atoms with E-state index in [1.165, 1.54) is 19.3 Å². The van der Waals surface area contributed by atoms with Gasteiger partial charge in [0, 0.05) is 6.54 Å². The maximum Gasteiger partial charge on any atom is 0.394 e. The fourth-order valence-electron chi connectivity index (χ4n) is 1.25. The molecule has 12 heavy (non-hydrogen) atoms. The Morgan fingerprint density at radius 2 is 2.08 bits per heavy atom. The summed E-state index contributed by atoms with van der Waals surface area (Å²) in [5.74, 6) is -1.59. The number of rotatable bonds is 3. The number of hydrogen-bond donors (Lipinski definition) is 2. The molecule has 1 amide bonds. The van der Waals surface area contributed by atoms with Crippen LogP contribution in [0.1, 0.15) is 25.7 Å². The second-order valence-corrected chi connectivity index (χ2v) is 3.15. The highest BCUT2D eigenvalue weighted by Crippen LogP contribution is 2.28. The first-order valence-corrected chi connectivity index (χ1v) is 4.21. The molecule has 1 rings (SSSR count). The summed E-state index contributed by atoms with van der Waals surface area (Å²) in [4.78, 5) is 20.6. The molecule has 0 aromatic heterocycles. The van der Waals surface area contributed by atoms with Crippen molar-refractivity contribution in [3.63, 3.8) is 0 Å². The van der Waals surface area contributed by atoms with Gasteiger partial charge in [0.05, 0.1) is 0 Å². The number of nitrogens with one attached hydrogen (secondary N) is 1. The summed E-state index contributed by atoms with van der Waals surface area (Å²) in [6.45, 7) is 0.496. The molecule has 1 fully saturated rings. The van der Waals surface area contributed by atoms with E-state index < -0.39 is 11.9 Å². The SMILES string of the molecule is O=C(O)C(=O)NCCC1CCC1. The predicted molar refractivity (Wildman–Crippen MR) is 42.6 cm³/mol. The lowest BCUT2D eigenvalue weighted by Crippen LogP contribution is -2.32. The van der Waals surface area contributed by atoms with Crippen LogP contribution in [0.4, 0.5) is 0 Å². The minimum atomic E-state index is -1.40. The van der Waals surface area contributed by atoms with Crippen LogP contribution in [0.5, 0.6) is 0 Å². The molecular weight excluding hydrogens is 158 g/mol. The van der Waals surface area contributed by atoms with Gasteiger partial charge < -0.3 is 10.4 Å². The lowest BCUT2D eigenvalue weighted by molar-refractivity contribution is -0.150. The molecule has 2 N–H and O–H groups in total. The number of hydrogen-bond acceptors (Lipinski definition) is 2. The van der Waals surface area contributed by atoms with Crippen LogP contribution in [0.15, 0.2) is 0 Å². The van der Waals surface area contributed by atoms with Crippen LogP contribution in [-0.4, -0.2) is 23.5 Å². The molecule has 1 saturated carbocycles. The molecule has 0 saturated heterocycles. The molecule has 4 heteroatoms. The van der Waals surface area contributed by atoms with Gasteiger partial charge >= 0.3 is 11.9 Å². The molecule has 0 bridgehead atoms. The second kappa shape index (κ2) is 4.09. The standard InChI is InChI=1S/C8H13NO3/c10-7(8(11)12)9-5-4-6-2-1-3-6/h6H,1-5H2,(H,9,10)(H,11,12). The van der Waals surface area contributed by atoms with Crippen molar-refractivity contribution in [2.24, 2.45) is 5.92 Å². The molecular formula is C8H13NO3. The molecule has 0 aromatic carbocycles. The smallest absolute Gasteiger partial charge is 0.394 e. The molecule has 4 nitrogen and oxygen atoms in total. The molecule has 0 spiro atoms. The van der Waals surface area contributed by atoms with E-state index in [1.54, 1.807) is 0 Å². The molecule has 0 aliphatic heterocycles. The first-order valence-electron chi connectivity index (χ1n) is 4.21. The Morgan fingerprint density at radius 3 is 2.50 bits per heavy atom. The zero-order chi connectivity index (χ0) is 8.97. The first kappa shape index (κ1) is 9.03. The van der Waals surface area contributed by atoms with Crippen molar-refractivity contribution in [2.75, 3.05) is 6.54 Å². The van der Waals surface area contributed by atoms with E-state index >= 15 is 0 Å². The molecule has 68 valence electrons. The van der Waals surface area contributed by atoms with Crippen molar-refractivity contribution in [2.45, 2.75) is 25.7 Å². The van der Waals surface area contributed by atoms with Crippen molar-refractivity contribution < 1.29 is 14.7 Å². The van der Waals surface area contributed by atoms with Gasteiger partial charge in [0.25, 0.3) is 0 Å². The van der Waals surface area contributed by atoms with E-state index in [4.69, 9.17) is 5.11 Å². The summed E-state index contributed by atoms with van der Waals surface area (Å²) in [5, 5.41) is 10.5. The normalized spacial score (nSPS) is 16.7. The van der Waals surface area contributed by atoms with Crippen LogP contribution in [0.2, 0.25) is 0 Å². The van der Waals surface area contributed by atoms with Gasteiger partial charge in [0.15, 0.2) is 0 Å². The zero-order valence-corrected chi connectivity index (χ0v) is 6.88. The number of amides is 1. The Labute approximate surface area is 71.0 Å². The average Bonchev–Trinajstić information content (AvgIpc) is 1.93. The Kier molecular flexibility index (Phi) is 3.08. The highest BCUT2D eigenvalue weighted by Gasteiger charge is 2.17. The minimum absolute atomic E-state index is 0.496. The lowest BCUT2D eigenvalue weighted by Gasteiger charge is -2.24. The quantitative estimate of drug-likeness (QED) is 0.603. The number of carboxylic acid groups (broad SMARTS) is 1. The van der Waals surface area contributed by atoms with E-state index in [0.717, 1.165) is 6.42 Å². The number of carboxylic acids is 1. The molecule has 0 unspecified atom stereocenters. The highest BCUT2D eigenvalue weighted by molar-refractivity contribution is 6.31. The van der Waals surface area contributed by atoms with E-state index in [-0.39, 0.29) is 0 Å². The van der Waals surface area contributed by atoms with Crippen LogP contribution in [0, 0.1) is 5.92 Å². The summed E-state index contributed by atoms with van der Waals surface area (Å²) in [7, 11) is 0. The summed E-state index contributed by atoms with van der Waals surface area (Å²) in [6, 6.07) is 0. The fraction of sp³-hybridized carbons (Fsp3) is 0.750. The maximum atomic E-state index is 10.5. The number of aliphatic carboxylic acids is 1. The maximum absolute atomic E-state index is 10.5. The van der Waals surface area contributed by atoms with Crippen LogP contribution in [0.25, 0.3) is 0 Å². The van der Waals surface area contributed by atoms with Crippen molar-refractivity contribution in [3.8, 4) is 0 Å². The number of carbonyl (C=O) groups is 2. The van der Waals surface area contributed by atoms with Crippen molar-refractivity contribution in [3.05, 3.63) is 0 Å². The predicted octanol–water partition coefficient (Wildman–Crippen LogP) is 0.377. The van der Waals surface area contributed by atoms with Crippen LogP contribution >= 0.6 is 0 Å². The average molecular weight is 171 g/mol. The van der Waals surface area contributed by atoms with Gasteiger partial charge in [0.1, 0.15) is 0 Å². The van der Waals surface area contributed by atoms with E-state index in [9.17, 15) is 9.59 Å². The lowest BCUT2D eigenvalue weighted by atomic mass is 9.83. The van der Waals surface area contributed by atoms with E-state index in [2.05, 4.69) is 5.32 Å². The van der Waals surface area contributed by atoms with Crippen LogP contribution in [-0.2, 0) is 9.59 Å². The highest BCUT2D eigenvalue weighted by atomic mass is 16.4. The van der Waals surface area contributed by atoms with Gasteiger partial charge in [-0.15, -0.1) is 0 Å². The largest absolute Gasteiger partial charge is 0.474 e. The molecule has 0 atom stereocenters. The van der Waals surface area contributed by atoms with Gasteiger partial charge in [0.2, 0.25) is 0 Å². The topological polar surface area (TPSA) is 66.4 Å². The van der Waals surface area contributed by atoms with E-state index in [1.807, 2.05) is 0 Å². The fourth-order valence-corrected chi connectivity index (χ4v) is 1.25. The van der Waals surface area contributed by atoms with Crippen molar-refractivity contribution in [1.29, 1.82) is 0 Å². The van der Waals surface area contributed by atoms with Crippen LogP contribution in [0.3, 0.4) is 0 Å². The molecule has 0 radical (unpaired) electrons. The minimum Gasteiger partial charge on any atom is -0.474 e. The third-order valence-corrected chi connectivity index (χ3v) is 2.26. The molecule has 1 aliphatic rings. The van der Waals surface area contributed by atoms with Crippen LogP contribution < -0.4 is 5.32 Å². The van der Waals surface area contributed by atoms with Gasteiger partial charge in [-0.05, 0) is 12.3 Å². The van der Waals surface area contributed by atoms with Crippen molar-refractivity contribution in [1.82, 2.24) is 5.32 Å². The third kappa shape index (κ3) is 2.53. The Morgan fingerprint density at radius 1 is 1.42 bits per heavy atom. The Balaban J connectivity index is 2.01. The Bertz CT molecular complexity index is 187. The summed E-state index contributed by atoms with van der Waals surface area (Å²) in [6.07, 6.45) is 4.64. The Hall–Kier alpha value is -1.06. The monoisotopic (exact) mass is 171 g/mol. The van der Waals surface area contributed by atoms with Gasteiger partial charge in [-0.3, -0.25) is 4.79 Å². The summed E-state index contributed by atoms with van der Waals surface area (Å²) < 4.78 is 0. The van der Waals surface area contributed by atoms with Gasteiger partial charge in [-0.2, -0.15) is 0 Å². The molecule has 0 heterocycles. The number of carbonyl (C=O) groups excluding carboxylic acids is 1. The van der Waals surface area contributed by atoms with Gasteiger partial charge in [-0.25, -0.2) is 4.79 Å². The van der Waals surface area contributed by atoms with Crippen molar-refractivity contribution >= 4 is 11.9 Å². The first-order chi connectivity index (χ1) is 5.70. The van der Waals surface area contributed by atoms with E-state index in [0.29, 0.717) is 12.5 Å². The zero-order valence-electron chi connectivity index (χ0n) is 6.88. The molecule has 0 aromatic rings. The summed E-state index contributed by atoms with van der Waals surface area (Å²) in [5.41, 5.74) is 0.